The molecule has 220 valence electrons. The van der Waals surface area contributed by atoms with Gasteiger partial charge in [0.2, 0.25) is 0 Å². The molecule has 0 spiro atoms. The molecular weight excluding hydrogens is 519 g/mol. The van der Waals surface area contributed by atoms with E-state index in [4.69, 9.17) is 14.5 Å². The fourth-order valence-electron chi connectivity index (χ4n) is 6.68. The molecule has 0 radical (unpaired) electrons. The van der Waals surface area contributed by atoms with E-state index in [0.717, 1.165) is 82.6 Å². The lowest BCUT2D eigenvalue weighted by atomic mass is 9.76. The summed E-state index contributed by atoms with van der Waals surface area (Å²) in [7, 11) is 1.36. The summed E-state index contributed by atoms with van der Waals surface area (Å²) in [4.78, 5) is 20.3. The Kier molecular flexibility index (Phi) is 9.13. The number of carbonyl (C=O) groups excluding carboxylic acids is 1. The largest absolute Gasteiger partial charge is 0.493 e. The van der Waals surface area contributed by atoms with E-state index in [2.05, 4.69) is 28.4 Å². The molecule has 2 aromatic rings. The fourth-order valence-corrected chi connectivity index (χ4v) is 6.68. The van der Waals surface area contributed by atoms with Gasteiger partial charge in [-0.1, -0.05) is 26.3 Å². The molecule has 1 atom stereocenters. The van der Waals surface area contributed by atoms with Crippen molar-refractivity contribution in [2.45, 2.75) is 77.6 Å². The molecule has 1 saturated heterocycles. The van der Waals surface area contributed by atoms with Crippen LogP contribution in [0, 0.1) is 28.5 Å². The Hall–Kier alpha value is -3.18. The van der Waals surface area contributed by atoms with E-state index >= 15 is 4.39 Å². The molecule has 3 aliphatic rings. The number of hydrogen-bond donors (Lipinski definition) is 1. The van der Waals surface area contributed by atoms with Crippen LogP contribution in [-0.4, -0.2) is 55.7 Å². The molecule has 4 heterocycles. The predicted octanol–water partition coefficient (Wildman–Crippen LogP) is 5.79. The van der Waals surface area contributed by atoms with Crippen LogP contribution in [0.2, 0.25) is 0 Å². The summed E-state index contributed by atoms with van der Waals surface area (Å²) >= 11 is 0. The molecule has 1 aromatic heterocycles. The lowest BCUT2D eigenvalue weighted by Crippen LogP contribution is -2.38. The Morgan fingerprint density at radius 2 is 2.10 bits per heavy atom. The highest BCUT2D eigenvalue weighted by molar-refractivity contribution is 5.80. The van der Waals surface area contributed by atoms with E-state index in [1.54, 1.807) is 6.07 Å². The van der Waals surface area contributed by atoms with Crippen LogP contribution in [0.3, 0.4) is 0 Å². The van der Waals surface area contributed by atoms with Gasteiger partial charge in [0, 0.05) is 23.2 Å². The third kappa shape index (κ3) is 6.67. The second-order valence-electron chi connectivity index (χ2n) is 12.7. The number of aryl methyl sites for hydroxylation is 2. The maximum Gasteiger partial charge on any atom is 0.313 e. The zero-order valence-corrected chi connectivity index (χ0v) is 24.7. The predicted molar refractivity (Wildman–Crippen MR) is 157 cm³/mol. The second-order valence-corrected chi connectivity index (χ2v) is 12.7. The molecule has 0 bridgehead atoms. The first kappa shape index (κ1) is 29.3. The number of anilines is 1. The van der Waals surface area contributed by atoms with Gasteiger partial charge in [-0.2, -0.15) is 5.26 Å². The number of methoxy groups -OCH3 is 1. The Labute approximate surface area is 243 Å². The minimum absolute atomic E-state index is 0.0213. The topological polar surface area (TPSA) is 87.5 Å². The average Bonchev–Trinajstić information content (AvgIpc) is 2.98. The first-order valence-corrected chi connectivity index (χ1v) is 15.2. The van der Waals surface area contributed by atoms with Crippen molar-refractivity contribution in [1.82, 2.24) is 9.88 Å². The molecule has 0 saturated carbocycles. The number of nitriles is 1. The maximum atomic E-state index is 15.6. The summed E-state index contributed by atoms with van der Waals surface area (Å²) in [6, 6.07) is 8.19. The number of carbonyl (C=O) groups is 1. The minimum atomic E-state index is -0.686. The zero-order valence-electron chi connectivity index (χ0n) is 24.7. The molecule has 5 rings (SSSR count). The van der Waals surface area contributed by atoms with Crippen molar-refractivity contribution in [2.75, 3.05) is 45.2 Å². The molecule has 41 heavy (non-hydrogen) atoms. The van der Waals surface area contributed by atoms with Crippen LogP contribution < -0.4 is 10.1 Å². The monoisotopic (exact) mass is 562 g/mol. The SMILES string of the molecule is COC(=O)C(c1cc2c(c(F)c1C#N)CC(C)(C)CO2)C1CCN(CCCCCc2ccc3c(n2)NCCC3)CC1. The summed E-state index contributed by atoms with van der Waals surface area (Å²) in [6.07, 6.45) is 8.76. The van der Waals surface area contributed by atoms with E-state index in [9.17, 15) is 10.1 Å². The highest BCUT2D eigenvalue weighted by Gasteiger charge is 2.38. The molecule has 0 amide bonds. The molecule has 3 aliphatic heterocycles. The maximum absolute atomic E-state index is 15.6. The van der Waals surface area contributed by atoms with Gasteiger partial charge >= 0.3 is 5.97 Å². The van der Waals surface area contributed by atoms with Gasteiger partial charge in [0.25, 0.3) is 0 Å². The first-order chi connectivity index (χ1) is 19.8. The molecule has 1 aromatic carbocycles. The van der Waals surface area contributed by atoms with Crippen molar-refractivity contribution in [1.29, 1.82) is 5.26 Å². The molecule has 8 heteroatoms. The Morgan fingerprint density at radius 1 is 1.29 bits per heavy atom. The van der Waals surface area contributed by atoms with E-state index in [-0.39, 0.29) is 16.9 Å². The zero-order chi connectivity index (χ0) is 29.0. The number of rotatable bonds is 9. The van der Waals surface area contributed by atoms with Crippen molar-refractivity contribution < 1.29 is 18.7 Å². The summed E-state index contributed by atoms with van der Waals surface area (Å²) in [6.45, 7) is 8.28. The standard InChI is InChI=1S/C33H43FN4O3/c1-33(2)19-26-28(41-21-33)18-25(27(20-35)30(26)34)29(32(39)40-3)22-12-16-38(17-13-22)15-6-4-5-9-24-11-10-23-8-7-14-36-31(23)37-24/h10-11,18,22,29H,4-9,12-17,19,21H2,1-3H3,(H,36,37). The van der Waals surface area contributed by atoms with Crippen LogP contribution in [0.4, 0.5) is 10.2 Å². The minimum Gasteiger partial charge on any atom is -0.493 e. The Morgan fingerprint density at radius 3 is 2.85 bits per heavy atom. The Bertz CT molecular complexity index is 1300. The van der Waals surface area contributed by atoms with Crippen LogP contribution in [0.25, 0.3) is 0 Å². The fraction of sp³-hybridized carbons (Fsp3) is 0.606. The number of unbranched alkanes of at least 4 members (excludes halogenated alkanes) is 2. The van der Waals surface area contributed by atoms with Crippen molar-refractivity contribution >= 4 is 11.8 Å². The molecule has 7 nitrogen and oxygen atoms in total. The van der Waals surface area contributed by atoms with Crippen LogP contribution in [-0.2, 0) is 28.8 Å². The van der Waals surface area contributed by atoms with Crippen molar-refractivity contribution in [3.63, 3.8) is 0 Å². The van der Waals surface area contributed by atoms with Gasteiger partial charge in [0.05, 0.1) is 25.2 Å². The number of halogens is 1. The van der Waals surface area contributed by atoms with Gasteiger partial charge in [-0.3, -0.25) is 4.79 Å². The molecular formula is C33H43FN4O3. The van der Waals surface area contributed by atoms with Gasteiger partial charge in [-0.05, 0) is 100 Å². The number of nitrogens with one attached hydrogen (secondary N) is 1. The number of benzene rings is 1. The summed E-state index contributed by atoms with van der Waals surface area (Å²) in [5.74, 6) is -0.162. The van der Waals surface area contributed by atoms with Gasteiger partial charge in [0.1, 0.15) is 23.5 Å². The highest BCUT2D eigenvalue weighted by Crippen LogP contribution is 2.43. The highest BCUT2D eigenvalue weighted by atomic mass is 19.1. The number of aromatic nitrogens is 1. The lowest BCUT2D eigenvalue weighted by molar-refractivity contribution is -0.144. The number of fused-ring (bicyclic) bond motifs is 2. The number of piperidine rings is 1. The number of ether oxygens (including phenoxy) is 2. The van der Waals surface area contributed by atoms with E-state index < -0.39 is 17.7 Å². The number of hydrogen-bond acceptors (Lipinski definition) is 7. The third-order valence-electron chi connectivity index (χ3n) is 9.00. The third-order valence-corrected chi connectivity index (χ3v) is 9.00. The quantitative estimate of drug-likeness (QED) is 0.306. The van der Waals surface area contributed by atoms with Crippen LogP contribution in [0.5, 0.6) is 5.75 Å². The van der Waals surface area contributed by atoms with Crippen molar-refractivity contribution in [2.24, 2.45) is 11.3 Å². The van der Waals surface area contributed by atoms with Gasteiger partial charge in [-0.25, -0.2) is 9.37 Å². The summed E-state index contributed by atoms with van der Waals surface area (Å²) in [5, 5.41) is 13.4. The number of esters is 1. The van der Waals surface area contributed by atoms with Crippen molar-refractivity contribution in [3.05, 3.63) is 52.0 Å². The number of nitrogens with zero attached hydrogens (tertiary/aromatic N) is 3. The van der Waals surface area contributed by atoms with Gasteiger partial charge < -0.3 is 19.7 Å². The molecule has 1 N–H and O–H groups in total. The lowest BCUT2D eigenvalue weighted by Gasteiger charge is -2.36. The normalized spacial score (nSPS) is 19.2. The molecule has 1 unspecified atom stereocenters. The van der Waals surface area contributed by atoms with Gasteiger partial charge in [-0.15, -0.1) is 0 Å². The van der Waals surface area contributed by atoms with E-state index in [1.807, 2.05) is 13.8 Å². The number of pyridine rings is 1. The summed E-state index contributed by atoms with van der Waals surface area (Å²) < 4.78 is 26.7. The van der Waals surface area contributed by atoms with Gasteiger partial charge in [0.15, 0.2) is 0 Å². The Balaban J connectivity index is 1.16. The van der Waals surface area contributed by atoms with Crippen LogP contribution in [0.1, 0.15) is 86.2 Å². The molecule has 0 aliphatic carbocycles. The smallest absolute Gasteiger partial charge is 0.313 e. The number of likely N-dealkylation sites (tertiary alicyclic amines) is 1. The van der Waals surface area contributed by atoms with E-state index in [1.165, 1.54) is 19.1 Å². The second kappa shape index (κ2) is 12.8. The summed E-state index contributed by atoms with van der Waals surface area (Å²) in [5.41, 5.74) is 3.06. The van der Waals surface area contributed by atoms with Crippen LogP contribution >= 0.6 is 0 Å². The average molecular weight is 563 g/mol. The molecule has 1 fully saturated rings. The van der Waals surface area contributed by atoms with Crippen molar-refractivity contribution in [3.8, 4) is 11.8 Å². The van der Waals surface area contributed by atoms with Crippen LogP contribution in [0.15, 0.2) is 18.2 Å². The first-order valence-electron chi connectivity index (χ1n) is 15.2. The van der Waals surface area contributed by atoms with E-state index in [0.29, 0.717) is 29.9 Å².